The number of ether oxygens (including phenoxy) is 1. The van der Waals surface area contributed by atoms with Crippen LogP contribution < -0.4 is 4.90 Å². The predicted molar refractivity (Wildman–Crippen MR) is 104 cm³/mol. The Morgan fingerprint density at radius 2 is 2.19 bits per heavy atom. The van der Waals surface area contributed by atoms with Gasteiger partial charge in [0.2, 0.25) is 5.91 Å². The molecule has 0 unspecified atom stereocenters. The fourth-order valence-corrected chi connectivity index (χ4v) is 5.25. The molecule has 0 bridgehead atoms. The molecule has 0 saturated carbocycles. The first-order valence-corrected chi connectivity index (χ1v) is 10.2. The van der Waals surface area contributed by atoms with Crippen LogP contribution >= 0.6 is 11.3 Å². The highest BCUT2D eigenvalue weighted by molar-refractivity contribution is 7.18. The number of fused-ring (bicyclic) bond motifs is 1. The molecule has 140 valence electrons. The molecule has 4 rings (SSSR count). The van der Waals surface area contributed by atoms with Gasteiger partial charge in [-0.05, 0) is 38.7 Å². The monoisotopic (exact) mass is 374 g/mol. The minimum absolute atomic E-state index is 0.242. The van der Waals surface area contributed by atoms with Crippen molar-refractivity contribution in [2.45, 2.75) is 32.6 Å². The smallest absolute Gasteiger partial charge is 0.230 e. The zero-order valence-electron chi connectivity index (χ0n) is 15.5. The summed E-state index contributed by atoms with van der Waals surface area (Å²) in [7, 11) is 1.71. The molecule has 1 atom stereocenters. The number of likely N-dealkylation sites (tertiary alicyclic amines) is 1. The maximum Gasteiger partial charge on any atom is 0.230 e. The van der Waals surface area contributed by atoms with Crippen molar-refractivity contribution < 1.29 is 9.53 Å². The molecule has 2 aliphatic rings. The number of carbonyl (C=O) groups excluding carboxylic acids is 1. The second kappa shape index (κ2) is 7.12. The van der Waals surface area contributed by atoms with Crippen LogP contribution in [0.2, 0.25) is 0 Å². The van der Waals surface area contributed by atoms with Crippen LogP contribution in [0.3, 0.4) is 0 Å². The molecule has 2 fully saturated rings. The Balaban J connectivity index is 1.54. The number of piperidine rings is 1. The second-order valence-electron chi connectivity index (χ2n) is 7.47. The van der Waals surface area contributed by atoms with Crippen LogP contribution in [0.5, 0.6) is 0 Å². The van der Waals surface area contributed by atoms with E-state index in [2.05, 4.69) is 32.8 Å². The average molecular weight is 375 g/mol. The van der Waals surface area contributed by atoms with Crippen LogP contribution in [0, 0.1) is 12.3 Å². The number of aromatic nitrogens is 2. The second-order valence-corrected chi connectivity index (χ2v) is 8.70. The lowest BCUT2D eigenvalue weighted by molar-refractivity contribution is -0.145. The van der Waals surface area contributed by atoms with E-state index in [1.165, 1.54) is 4.88 Å². The van der Waals surface area contributed by atoms with Crippen molar-refractivity contribution in [3.63, 3.8) is 0 Å². The van der Waals surface area contributed by atoms with Crippen molar-refractivity contribution in [3.05, 3.63) is 17.3 Å². The van der Waals surface area contributed by atoms with Gasteiger partial charge in [-0.3, -0.25) is 4.79 Å². The number of carbonyl (C=O) groups is 1. The zero-order chi connectivity index (χ0) is 18.1. The fraction of sp³-hybridized carbons (Fsp3) is 0.632. The van der Waals surface area contributed by atoms with Gasteiger partial charge in [0.25, 0.3) is 0 Å². The number of thiophene rings is 1. The van der Waals surface area contributed by atoms with Crippen LogP contribution in [0.4, 0.5) is 5.82 Å². The van der Waals surface area contributed by atoms with Gasteiger partial charge in [-0.25, -0.2) is 9.97 Å². The van der Waals surface area contributed by atoms with Crippen LogP contribution in [0.15, 0.2) is 12.4 Å². The first-order chi connectivity index (χ1) is 12.6. The lowest BCUT2D eigenvalue weighted by Crippen LogP contribution is -2.50. The molecular weight excluding hydrogens is 348 g/mol. The summed E-state index contributed by atoms with van der Waals surface area (Å²) in [5, 5.41) is 1.12. The Labute approximate surface area is 158 Å². The summed E-state index contributed by atoms with van der Waals surface area (Å²) < 4.78 is 5.14. The van der Waals surface area contributed by atoms with Crippen LogP contribution in [0.25, 0.3) is 10.2 Å². The third kappa shape index (κ3) is 3.07. The molecule has 1 spiro atoms. The number of hydrogen-bond donors (Lipinski definition) is 0. The van der Waals surface area contributed by atoms with Crippen molar-refractivity contribution in [1.82, 2.24) is 14.9 Å². The molecule has 4 heterocycles. The van der Waals surface area contributed by atoms with Crippen molar-refractivity contribution >= 4 is 33.3 Å². The third-order valence-corrected chi connectivity index (χ3v) is 6.64. The van der Waals surface area contributed by atoms with E-state index in [-0.39, 0.29) is 5.41 Å². The Morgan fingerprint density at radius 1 is 1.31 bits per heavy atom. The Bertz CT molecular complexity index is 808. The summed E-state index contributed by atoms with van der Waals surface area (Å²) in [6, 6.07) is 2.17. The first kappa shape index (κ1) is 17.7. The summed E-state index contributed by atoms with van der Waals surface area (Å²) >= 11 is 1.70. The number of amides is 1. The molecule has 0 aromatic carbocycles. The van der Waals surface area contributed by atoms with Gasteiger partial charge in [-0.1, -0.05) is 0 Å². The maximum atomic E-state index is 13.2. The van der Waals surface area contributed by atoms with Crippen molar-refractivity contribution in [3.8, 4) is 0 Å². The standard InChI is InChI=1S/C19H26N4O2S/c1-14-11-15-16(20-13-21-17(15)26-14)23-9-6-19(12-23)5-3-7-22(18(19)24)8-4-10-25-2/h11,13H,3-10,12H2,1-2H3/t19-/m1/s1. The van der Waals surface area contributed by atoms with Gasteiger partial charge in [-0.15, -0.1) is 11.3 Å². The Kier molecular flexibility index (Phi) is 4.84. The number of anilines is 1. The number of rotatable bonds is 5. The third-order valence-electron chi connectivity index (χ3n) is 5.69. The lowest BCUT2D eigenvalue weighted by atomic mass is 9.78. The van der Waals surface area contributed by atoms with Gasteiger partial charge in [0.15, 0.2) is 0 Å². The maximum absolute atomic E-state index is 13.2. The SMILES string of the molecule is COCCCN1CCC[C@]2(CCN(c3ncnc4sc(C)cc34)C2)C1=O. The Hall–Kier alpha value is -1.73. The van der Waals surface area contributed by atoms with Gasteiger partial charge < -0.3 is 14.5 Å². The molecule has 1 amide bonds. The molecule has 2 aliphatic heterocycles. The number of hydrogen-bond acceptors (Lipinski definition) is 6. The van der Waals surface area contributed by atoms with E-state index in [4.69, 9.17) is 4.74 Å². The van der Waals surface area contributed by atoms with E-state index < -0.39 is 0 Å². The predicted octanol–water partition coefficient (Wildman–Crippen LogP) is 2.86. The molecule has 2 aromatic heterocycles. The van der Waals surface area contributed by atoms with Gasteiger partial charge in [0.1, 0.15) is 17.0 Å². The van der Waals surface area contributed by atoms with Gasteiger partial charge in [0, 0.05) is 44.8 Å². The van der Waals surface area contributed by atoms with Gasteiger partial charge in [-0.2, -0.15) is 0 Å². The molecule has 0 aliphatic carbocycles. The minimum Gasteiger partial charge on any atom is -0.385 e. The summed E-state index contributed by atoms with van der Waals surface area (Å²) in [6.45, 7) is 6.15. The molecule has 2 saturated heterocycles. The number of aryl methyl sites for hydroxylation is 1. The van der Waals surface area contributed by atoms with E-state index >= 15 is 0 Å². The first-order valence-electron chi connectivity index (χ1n) is 9.37. The topological polar surface area (TPSA) is 58.6 Å². The van der Waals surface area contributed by atoms with E-state index in [1.54, 1.807) is 24.8 Å². The van der Waals surface area contributed by atoms with Crippen LogP contribution in [0.1, 0.15) is 30.6 Å². The summed E-state index contributed by atoms with van der Waals surface area (Å²) in [4.78, 5) is 28.8. The van der Waals surface area contributed by atoms with E-state index in [0.29, 0.717) is 12.5 Å². The molecule has 0 N–H and O–H groups in total. The van der Waals surface area contributed by atoms with Crippen molar-refractivity contribution in [2.24, 2.45) is 5.41 Å². The Morgan fingerprint density at radius 3 is 3.04 bits per heavy atom. The molecular formula is C19H26N4O2S. The highest BCUT2D eigenvalue weighted by Crippen LogP contribution is 2.42. The van der Waals surface area contributed by atoms with Gasteiger partial charge >= 0.3 is 0 Å². The summed E-state index contributed by atoms with van der Waals surface area (Å²) in [6.07, 6.45) is 5.55. The highest BCUT2D eigenvalue weighted by atomic mass is 32.1. The molecule has 26 heavy (non-hydrogen) atoms. The number of nitrogens with zero attached hydrogens (tertiary/aromatic N) is 4. The molecule has 7 heteroatoms. The summed E-state index contributed by atoms with van der Waals surface area (Å²) in [5.74, 6) is 1.31. The van der Waals surface area contributed by atoms with Crippen LogP contribution in [-0.2, 0) is 9.53 Å². The van der Waals surface area contributed by atoms with E-state index in [9.17, 15) is 4.79 Å². The lowest BCUT2D eigenvalue weighted by Gasteiger charge is -2.39. The van der Waals surface area contributed by atoms with E-state index in [0.717, 1.165) is 67.9 Å². The molecule has 2 aromatic rings. The fourth-order valence-electron chi connectivity index (χ4n) is 4.41. The average Bonchev–Trinajstić information content (AvgIpc) is 3.22. The van der Waals surface area contributed by atoms with E-state index in [1.807, 2.05) is 0 Å². The normalized spacial score (nSPS) is 23.5. The molecule has 0 radical (unpaired) electrons. The largest absolute Gasteiger partial charge is 0.385 e. The quantitative estimate of drug-likeness (QED) is 0.753. The molecule has 6 nitrogen and oxygen atoms in total. The van der Waals surface area contributed by atoms with Crippen molar-refractivity contribution in [2.75, 3.05) is 44.8 Å². The minimum atomic E-state index is -0.242. The van der Waals surface area contributed by atoms with Gasteiger partial charge in [0.05, 0.1) is 10.8 Å². The number of methoxy groups -OCH3 is 1. The zero-order valence-corrected chi connectivity index (χ0v) is 16.3. The van der Waals surface area contributed by atoms with Crippen molar-refractivity contribution in [1.29, 1.82) is 0 Å². The van der Waals surface area contributed by atoms with Crippen LogP contribution in [-0.4, -0.2) is 60.7 Å². The summed E-state index contributed by atoms with van der Waals surface area (Å²) in [5.41, 5.74) is -0.242. The highest BCUT2D eigenvalue weighted by Gasteiger charge is 2.48.